The van der Waals surface area contributed by atoms with E-state index in [1.54, 1.807) is 11.0 Å². The summed E-state index contributed by atoms with van der Waals surface area (Å²) in [4.78, 5) is 41.7. The number of hydrogen-bond donors (Lipinski definition) is 0. The molecule has 4 aromatic rings. The number of benzene rings is 4. The van der Waals surface area contributed by atoms with Gasteiger partial charge in [-0.25, -0.2) is 4.79 Å². The molecule has 6 heteroatoms. The zero-order valence-corrected chi connectivity index (χ0v) is 22.4. The Morgan fingerprint density at radius 3 is 2.08 bits per heavy atom. The minimum absolute atomic E-state index is 0.221. The highest BCUT2D eigenvalue weighted by Gasteiger charge is 2.62. The smallest absolute Gasteiger partial charge is 0.331 e. The number of rotatable bonds is 6. The maximum atomic E-state index is 13.7. The van der Waals surface area contributed by atoms with Crippen LogP contribution in [0.4, 0.5) is 0 Å². The van der Waals surface area contributed by atoms with Gasteiger partial charge in [0.1, 0.15) is 11.4 Å². The summed E-state index contributed by atoms with van der Waals surface area (Å²) in [5.41, 5.74) is 2.66. The molecule has 0 N–H and O–H groups in total. The summed E-state index contributed by atoms with van der Waals surface area (Å²) in [6.07, 6.45) is 0.835. The first-order valence-electron chi connectivity index (χ1n) is 12.9. The lowest BCUT2D eigenvalue weighted by atomic mass is 9.94. The van der Waals surface area contributed by atoms with Gasteiger partial charge in [-0.2, -0.15) is 0 Å². The molecule has 0 saturated carbocycles. The van der Waals surface area contributed by atoms with E-state index >= 15 is 0 Å². The quantitative estimate of drug-likeness (QED) is 0.125. The second-order valence-corrected chi connectivity index (χ2v) is 12.1. The molecule has 5 nitrogen and oxygen atoms in total. The third-order valence-electron chi connectivity index (χ3n) is 7.33. The van der Waals surface area contributed by atoms with Crippen molar-refractivity contribution in [3.8, 4) is 0 Å². The summed E-state index contributed by atoms with van der Waals surface area (Å²) in [5.74, 6) is -0.979. The van der Waals surface area contributed by atoms with Crippen LogP contribution in [0.2, 0.25) is 0 Å². The van der Waals surface area contributed by atoms with Gasteiger partial charge < -0.3 is 9.64 Å². The number of thioether (sulfide) groups is 1. The highest BCUT2D eigenvalue weighted by Crippen LogP contribution is 2.53. The van der Waals surface area contributed by atoms with E-state index in [0.717, 1.165) is 21.9 Å². The van der Waals surface area contributed by atoms with E-state index in [1.807, 2.05) is 111 Å². The molecular formula is C33H27NO4S. The first-order valence-corrected chi connectivity index (χ1v) is 13.8. The Morgan fingerprint density at radius 2 is 1.44 bits per heavy atom. The number of esters is 1. The molecule has 0 unspecified atom stereocenters. The van der Waals surface area contributed by atoms with E-state index in [0.29, 0.717) is 11.1 Å². The van der Waals surface area contributed by atoms with Gasteiger partial charge in [0.15, 0.2) is 11.9 Å². The third kappa shape index (κ3) is 4.55. The van der Waals surface area contributed by atoms with Gasteiger partial charge in [-0.1, -0.05) is 97.1 Å². The van der Waals surface area contributed by atoms with Crippen molar-refractivity contribution in [1.29, 1.82) is 0 Å². The average molecular weight is 534 g/mol. The van der Waals surface area contributed by atoms with E-state index in [4.69, 9.17) is 4.74 Å². The first kappa shape index (κ1) is 25.1. The number of ether oxygens (including phenoxy) is 1. The maximum Gasteiger partial charge on any atom is 0.331 e. The number of ketones is 1. The molecule has 0 aromatic heterocycles. The van der Waals surface area contributed by atoms with Crippen LogP contribution in [-0.4, -0.2) is 38.7 Å². The minimum atomic E-state index is -0.775. The Bertz CT molecular complexity index is 1570. The van der Waals surface area contributed by atoms with Gasteiger partial charge in [-0.3, -0.25) is 9.59 Å². The van der Waals surface area contributed by atoms with Gasteiger partial charge in [0.05, 0.1) is 5.57 Å². The second-order valence-electron chi connectivity index (χ2n) is 10.4. The van der Waals surface area contributed by atoms with E-state index in [-0.39, 0.29) is 17.1 Å². The van der Waals surface area contributed by atoms with Crippen molar-refractivity contribution in [2.75, 3.05) is 0 Å². The Kier molecular flexibility index (Phi) is 6.35. The highest BCUT2D eigenvalue weighted by atomic mass is 32.2. The van der Waals surface area contributed by atoms with Crippen molar-refractivity contribution < 1.29 is 19.1 Å². The summed E-state index contributed by atoms with van der Waals surface area (Å²) in [7, 11) is 0. The largest absolute Gasteiger partial charge is 0.451 e. The van der Waals surface area contributed by atoms with Crippen molar-refractivity contribution in [2.45, 2.75) is 36.1 Å². The van der Waals surface area contributed by atoms with E-state index < -0.39 is 22.9 Å². The lowest BCUT2D eigenvalue weighted by Gasteiger charge is -2.39. The first-order chi connectivity index (χ1) is 18.8. The Hall–Kier alpha value is -4.16. The summed E-state index contributed by atoms with van der Waals surface area (Å²) in [6.45, 7) is 3.88. The van der Waals surface area contributed by atoms with Crippen molar-refractivity contribution in [1.82, 2.24) is 4.90 Å². The van der Waals surface area contributed by atoms with Gasteiger partial charge in [0.25, 0.3) is 5.91 Å². The standard InChI is InChI=1S/C33H27NO4S/c1-33(2)29(32(37)38-28(22-12-5-3-6-13-22)23-14-7-4-8-15-23)34-30(36)26(31(34)39-33)20-27(35)25-18-17-21-11-9-10-16-24(21)19-25/h3-20,28-29,31H,1-2H3/b26-20-/t29-,31+/m0/s1. The minimum Gasteiger partial charge on any atom is -0.451 e. The summed E-state index contributed by atoms with van der Waals surface area (Å²) in [6, 6.07) is 31.8. The lowest BCUT2D eigenvalue weighted by molar-refractivity contribution is -0.160. The van der Waals surface area contributed by atoms with Crippen molar-refractivity contribution >= 4 is 40.2 Å². The Balaban J connectivity index is 1.25. The van der Waals surface area contributed by atoms with Gasteiger partial charge in [0, 0.05) is 10.3 Å². The van der Waals surface area contributed by atoms with Crippen molar-refractivity contribution in [3.63, 3.8) is 0 Å². The second kappa shape index (κ2) is 9.86. The van der Waals surface area contributed by atoms with Crippen molar-refractivity contribution in [3.05, 3.63) is 131 Å². The number of allylic oxidation sites excluding steroid dienone is 1. The molecule has 2 heterocycles. The number of hydrogen-bond acceptors (Lipinski definition) is 5. The number of amides is 1. The molecule has 2 aliphatic rings. The fourth-order valence-electron chi connectivity index (χ4n) is 5.37. The number of β-lactam (4-membered cyclic amide) rings is 1. The molecule has 2 atom stereocenters. The lowest BCUT2D eigenvalue weighted by Crippen LogP contribution is -2.59. The van der Waals surface area contributed by atoms with Crippen LogP contribution in [-0.2, 0) is 14.3 Å². The number of carbonyl (C=O) groups excluding carboxylic acids is 3. The molecule has 0 spiro atoms. The van der Waals surface area contributed by atoms with E-state index in [2.05, 4.69) is 0 Å². The molecule has 0 aliphatic carbocycles. The predicted octanol–water partition coefficient (Wildman–Crippen LogP) is 6.34. The molecule has 2 saturated heterocycles. The number of fused-ring (bicyclic) bond motifs is 2. The van der Waals surface area contributed by atoms with Crippen molar-refractivity contribution in [2.24, 2.45) is 0 Å². The van der Waals surface area contributed by atoms with E-state index in [9.17, 15) is 14.4 Å². The fraction of sp³-hybridized carbons (Fsp3) is 0.182. The number of carbonyl (C=O) groups is 3. The summed E-state index contributed by atoms with van der Waals surface area (Å²) < 4.78 is 5.54. The summed E-state index contributed by atoms with van der Waals surface area (Å²) >= 11 is 1.51. The zero-order chi connectivity index (χ0) is 27.1. The Labute approximate surface area is 231 Å². The zero-order valence-electron chi connectivity index (χ0n) is 21.6. The molecule has 6 rings (SSSR count). The van der Waals surface area contributed by atoms with Crippen LogP contribution < -0.4 is 0 Å². The van der Waals surface area contributed by atoms with Crippen LogP contribution in [0.3, 0.4) is 0 Å². The third-order valence-corrected chi connectivity index (χ3v) is 8.87. The van der Waals surface area contributed by atoms with Crippen LogP contribution in [0.1, 0.15) is 41.4 Å². The van der Waals surface area contributed by atoms with E-state index in [1.165, 1.54) is 17.8 Å². The van der Waals surface area contributed by atoms with Crippen LogP contribution >= 0.6 is 11.8 Å². The van der Waals surface area contributed by atoms with Gasteiger partial charge >= 0.3 is 5.97 Å². The highest BCUT2D eigenvalue weighted by molar-refractivity contribution is 8.01. The molecule has 194 valence electrons. The number of nitrogens with zero attached hydrogens (tertiary/aromatic N) is 1. The SMILES string of the molecule is CC1(C)S[C@@H]2/C(=C\C(=O)c3ccc4ccccc4c3)C(=O)N2[C@H]1C(=O)OC(c1ccccc1)c1ccccc1. The van der Waals surface area contributed by atoms with Gasteiger partial charge in [0.2, 0.25) is 0 Å². The fourth-order valence-corrected chi connectivity index (χ4v) is 6.91. The molecule has 1 amide bonds. The van der Waals surface area contributed by atoms with Crippen LogP contribution in [0, 0.1) is 0 Å². The Morgan fingerprint density at radius 1 is 0.846 bits per heavy atom. The molecule has 0 bridgehead atoms. The molecule has 39 heavy (non-hydrogen) atoms. The van der Waals surface area contributed by atoms with Crippen LogP contribution in [0.25, 0.3) is 10.8 Å². The van der Waals surface area contributed by atoms with Gasteiger partial charge in [-0.05, 0) is 47.9 Å². The monoisotopic (exact) mass is 533 g/mol. The maximum absolute atomic E-state index is 13.7. The predicted molar refractivity (Wildman–Crippen MR) is 153 cm³/mol. The van der Waals surface area contributed by atoms with Crippen LogP contribution in [0.15, 0.2) is 115 Å². The normalized spacial score (nSPS) is 20.6. The topological polar surface area (TPSA) is 63.7 Å². The molecule has 2 fully saturated rings. The van der Waals surface area contributed by atoms with Crippen LogP contribution in [0.5, 0.6) is 0 Å². The summed E-state index contributed by atoms with van der Waals surface area (Å²) in [5, 5.41) is 1.64. The molecular weight excluding hydrogens is 506 g/mol. The van der Waals surface area contributed by atoms with Gasteiger partial charge in [-0.15, -0.1) is 11.8 Å². The molecule has 4 aromatic carbocycles. The average Bonchev–Trinajstić information content (AvgIpc) is 3.22. The molecule has 2 aliphatic heterocycles. The molecule has 0 radical (unpaired) electrons.